The van der Waals surface area contributed by atoms with Crippen LogP contribution in [0.4, 0.5) is 0 Å². The summed E-state index contributed by atoms with van der Waals surface area (Å²) >= 11 is 0. The number of esters is 1. The first-order valence-corrected chi connectivity index (χ1v) is 32.2. The number of quaternary nitrogens is 1. The molecule has 1 N–H and O–H groups in total. The number of hydrogen-bond donors (Lipinski definition) is 1. The molecule has 0 aliphatic rings. The lowest BCUT2D eigenvalue weighted by atomic mass is 10.0. The summed E-state index contributed by atoms with van der Waals surface area (Å²) in [6.45, 7) is 6.69. The van der Waals surface area contributed by atoms with Crippen molar-refractivity contribution in [3.8, 4) is 0 Å². The van der Waals surface area contributed by atoms with E-state index in [4.69, 9.17) is 13.8 Å². The number of allylic oxidation sites excluding steroid dienone is 11. The highest BCUT2D eigenvalue weighted by Gasteiger charge is 2.27. The molecule has 0 aliphatic carbocycles. The summed E-state index contributed by atoms with van der Waals surface area (Å²) in [5.74, 6) is -0.555. The summed E-state index contributed by atoms with van der Waals surface area (Å²) in [5, 5.41) is 3.03. The Morgan fingerprint density at radius 1 is 0.500 bits per heavy atom. The van der Waals surface area contributed by atoms with Crippen LogP contribution in [0.2, 0.25) is 0 Å². The zero-order valence-electron chi connectivity index (χ0n) is 49.0. The average Bonchev–Trinajstić information content (AvgIpc) is 3.36. The van der Waals surface area contributed by atoms with Crippen molar-refractivity contribution in [2.45, 2.75) is 283 Å². The van der Waals surface area contributed by atoms with Crippen LogP contribution in [-0.2, 0) is 27.9 Å². The second-order valence-corrected chi connectivity index (χ2v) is 23.3. The summed E-state index contributed by atoms with van der Waals surface area (Å²) in [4.78, 5) is 40.0. The van der Waals surface area contributed by atoms with Crippen LogP contribution in [0.1, 0.15) is 271 Å². The van der Waals surface area contributed by atoms with Gasteiger partial charge in [-0.05, 0) is 83.1 Å². The Kier molecular flexibility index (Phi) is 52.0. The number of likely N-dealkylation sites (N-methyl/N-ethyl adjacent to an activating group) is 1. The Labute approximate surface area is 457 Å². The third-order valence-electron chi connectivity index (χ3n) is 13.4. The second kappa shape index (κ2) is 53.8. The van der Waals surface area contributed by atoms with E-state index in [0.29, 0.717) is 17.4 Å². The van der Waals surface area contributed by atoms with Crippen molar-refractivity contribution in [1.29, 1.82) is 0 Å². The number of phosphoric acid groups is 1. The molecule has 0 aromatic carbocycles. The number of carbonyl (C=O) groups is 2. The number of unbranched alkanes of at least 4 members (excludes halogenated alkanes) is 31. The zero-order valence-corrected chi connectivity index (χ0v) is 49.9. The quantitative estimate of drug-likeness (QED) is 0.0161. The number of amides is 1. The van der Waals surface area contributed by atoms with Gasteiger partial charge in [0.2, 0.25) is 5.91 Å². The minimum atomic E-state index is -4.70. The highest BCUT2D eigenvalue weighted by molar-refractivity contribution is 7.45. The highest BCUT2D eigenvalue weighted by atomic mass is 31.2. The summed E-state index contributed by atoms with van der Waals surface area (Å²) in [6, 6.07) is -0.896. The number of phosphoric ester groups is 1. The molecule has 0 rings (SSSR count). The number of rotatable bonds is 55. The standard InChI is InChI=1S/C64H117N2O7P/c1-7-10-13-16-19-22-25-28-30-31-32-33-34-35-37-38-41-44-47-50-53-56-63(67)65-61(60-72-74(69,70)71-59-58-66(4,5)6)62(55-52-49-46-43-40-27-24-21-18-15-12-9-3)73-64(68)57-54-51-48-45-42-39-36-29-26-23-20-17-14-11-8-2/h11,14,17,19-20,22-23,26,28,30,52,55,61-62H,7-10,12-13,15-16,18,21,24-25,27,29,31-51,53-54,56-60H2,1-6H3,(H-,65,67,69,70)/b14-11+,20-17+,22-19-,26-23+,30-28-,55-52-. The molecule has 9 nitrogen and oxygen atoms in total. The average molecular weight is 1060 g/mol. The Hall–Kier alpha value is -2.55. The molecule has 0 spiro atoms. The lowest BCUT2D eigenvalue weighted by Gasteiger charge is -2.30. The molecule has 74 heavy (non-hydrogen) atoms. The summed E-state index contributed by atoms with van der Waals surface area (Å²) < 4.78 is 30.3. The van der Waals surface area contributed by atoms with Crippen molar-refractivity contribution in [3.05, 3.63) is 72.9 Å². The van der Waals surface area contributed by atoms with E-state index in [0.717, 1.165) is 83.5 Å². The first kappa shape index (κ1) is 71.5. The molecule has 0 aromatic heterocycles. The maximum atomic E-state index is 13.5. The molecule has 0 fully saturated rings. The number of hydrogen-bond acceptors (Lipinski definition) is 7. The predicted octanol–water partition coefficient (Wildman–Crippen LogP) is 18.2. The van der Waals surface area contributed by atoms with E-state index >= 15 is 0 Å². The summed E-state index contributed by atoms with van der Waals surface area (Å²) in [7, 11) is 1.17. The fourth-order valence-corrected chi connectivity index (χ4v) is 9.39. The number of carbonyl (C=O) groups excluding carboxylic acids is 2. The van der Waals surface area contributed by atoms with Crippen molar-refractivity contribution >= 4 is 19.7 Å². The molecule has 430 valence electrons. The third-order valence-corrected chi connectivity index (χ3v) is 14.4. The van der Waals surface area contributed by atoms with Gasteiger partial charge in [-0.15, -0.1) is 0 Å². The monoisotopic (exact) mass is 1060 g/mol. The largest absolute Gasteiger partial charge is 0.756 e. The van der Waals surface area contributed by atoms with E-state index in [9.17, 15) is 19.0 Å². The third kappa shape index (κ3) is 54.2. The van der Waals surface area contributed by atoms with Gasteiger partial charge in [-0.2, -0.15) is 0 Å². The van der Waals surface area contributed by atoms with E-state index in [-0.39, 0.29) is 24.9 Å². The minimum Gasteiger partial charge on any atom is -0.756 e. The first-order chi connectivity index (χ1) is 35.9. The molecule has 0 aliphatic heterocycles. The highest BCUT2D eigenvalue weighted by Crippen LogP contribution is 2.38. The zero-order chi connectivity index (χ0) is 54.3. The fraction of sp³-hybridized carbons (Fsp3) is 0.781. The number of nitrogens with one attached hydrogen (secondary N) is 1. The van der Waals surface area contributed by atoms with Crippen molar-refractivity contribution < 1.29 is 37.3 Å². The van der Waals surface area contributed by atoms with Gasteiger partial charge in [0.1, 0.15) is 19.3 Å². The number of nitrogens with zero attached hydrogens (tertiary/aromatic N) is 1. The second-order valence-electron chi connectivity index (χ2n) is 21.9. The normalized spacial score (nSPS) is 14.2. The lowest BCUT2D eigenvalue weighted by Crippen LogP contribution is -2.47. The molecule has 0 heterocycles. The van der Waals surface area contributed by atoms with Crippen molar-refractivity contribution in [2.75, 3.05) is 40.9 Å². The predicted molar refractivity (Wildman–Crippen MR) is 316 cm³/mol. The van der Waals surface area contributed by atoms with Gasteiger partial charge < -0.3 is 28.5 Å². The van der Waals surface area contributed by atoms with E-state index < -0.39 is 26.6 Å². The van der Waals surface area contributed by atoms with E-state index in [2.05, 4.69) is 86.8 Å². The minimum absolute atomic E-state index is 0.0268. The van der Waals surface area contributed by atoms with Gasteiger partial charge >= 0.3 is 5.97 Å². The molecule has 3 unspecified atom stereocenters. The molecule has 0 radical (unpaired) electrons. The van der Waals surface area contributed by atoms with Crippen molar-refractivity contribution in [3.63, 3.8) is 0 Å². The molecule has 0 saturated carbocycles. The van der Waals surface area contributed by atoms with Gasteiger partial charge in [-0.3, -0.25) is 14.2 Å². The molecular weight excluding hydrogens is 940 g/mol. The molecule has 0 aromatic rings. The Bertz CT molecular complexity index is 1500. The molecule has 10 heteroatoms. The Morgan fingerprint density at radius 2 is 0.919 bits per heavy atom. The topological polar surface area (TPSA) is 114 Å². The summed E-state index contributed by atoms with van der Waals surface area (Å²) in [6.07, 6.45) is 68.6. The van der Waals surface area contributed by atoms with E-state index in [1.807, 2.05) is 33.3 Å². The molecule has 0 saturated heterocycles. The summed E-state index contributed by atoms with van der Waals surface area (Å²) in [5.41, 5.74) is 0. The van der Waals surface area contributed by atoms with Gasteiger partial charge in [-0.25, -0.2) is 0 Å². The smallest absolute Gasteiger partial charge is 0.306 e. The maximum Gasteiger partial charge on any atom is 0.306 e. The van der Waals surface area contributed by atoms with Crippen LogP contribution >= 0.6 is 7.82 Å². The Balaban J connectivity index is 5.23. The van der Waals surface area contributed by atoms with E-state index in [1.165, 1.54) is 154 Å². The SMILES string of the molecule is CC/C=C/C=C/C=C/CCCCCCCCCC(=O)OC(/C=C\CCCCCCCCCCCC)C(COP(=O)([O-])OCC[N+](C)(C)C)NC(=O)CCCCCCCCCCCCC/C=C\C/C=C\CCCCC. The van der Waals surface area contributed by atoms with Gasteiger partial charge in [0, 0.05) is 12.8 Å². The first-order valence-electron chi connectivity index (χ1n) is 30.8. The number of ether oxygens (including phenoxy) is 1. The molecular formula is C64H117N2O7P. The van der Waals surface area contributed by atoms with Crippen LogP contribution in [0.5, 0.6) is 0 Å². The Morgan fingerprint density at radius 3 is 1.42 bits per heavy atom. The maximum absolute atomic E-state index is 13.5. The van der Waals surface area contributed by atoms with Crippen LogP contribution in [0.3, 0.4) is 0 Å². The van der Waals surface area contributed by atoms with Crippen molar-refractivity contribution in [2.24, 2.45) is 0 Å². The fourth-order valence-electron chi connectivity index (χ4n) is 8.67. The van der Waals surface area contributed by atoms with Gasteiger partial charge in [0.25, 0.3) is 7.82 Å². The van der Waals surface area contributed by atoms with Crippen LogP contribution in [-0.4, -0.2) is 69.4 Å². The molecule has 1 amide bonds. The van der Waals surface area contributed by atoms with Crippen LogP contribution in [0.25, 0.3) is 0 Å². The van der Waals surface area contributed by atoms with Crippen molar-refractivity contribution in [1.82, 2.24) is 5.32 Å². The van der Waals surface area contributed by atoms with Gasteiger partial charge in [-0.1, -0.05) is 248 Å². The van der Waals surface area contributed by atoms with Gasteiger partial charge in [0.15, 0.2) is 0 Å². The van der Waals surface area contributed by atoms with Crippen LogP contribution < -0.4 is 10.2 Å². The molecule has 3 atom stereocenters. The molecule has 0 bridgehead atoms. The van der Waals surface area contributed by atoms with Gasteiger partial charge in [0.05, 0.1) is 33.8 Å². The van der Waals surface area contributed by atoms with Crippen LogP contribution in [0.15, 0.2) is 72.9 Å². The van der Waals surface area contributed by atoms with E-state index in [1.54, 1.807) is 0 Å². The lowest BCUT2D eigenvalue weighted by molar-refractivity contribution is -0.870. The van der Waals surface area contributed by atoms with Crippen LogP contribution in [0, 0.1) is 0 Å².